The highest BCUT2D eigenvalue weighted by Crippen LogP contribution is 2.68. The second-order valence-electron chi connectivity index (χ2n) is 21.1. The fraction of sp³-hybridized carbons (Fsp3) is 0.956. The van der Waals surface area contributed by atoms with Crippen molar-refractivity contribution in [1.29, 1.82) is 0 Å². The van der Waals surface area contributed by atoms with Crippen molar-refractivity contribution in [3.63, 3.8) is 0 Å². The molecule has 0 aromatic rings. The van der Waals surface area contributed by atoms with Crippen molar-refractivity contribution in [3.05, 3.63) is 11.6 Å². The molecule has 12 N–H and O–H groups in total. The number of fused-ring (bicyclic) bond motifs is 5. The molecule has 6 fully saturated rings. The van der Waals surface area contributed by atoms with Crippen LogP contribution in [-0.4, -0.2) is 185 Å². The van der Waals surface area contributed by atoms with Crippen molar-refractivity contribution in [1.82, 2.24) is 0 Å². The largest absolute Gasteiger partial charge is 0.396 e. The minimum Gasteiger partial charge on any atom is -0.396 e. The third-order valence-corrected chi connectivity index (χ3v) is 17.2. The lowest BCUT2D eigenvalue weighted by Crippen LogP contribution is -2.66. The van der Waals surface area contributed by atoms with Gasteiger partial charge in [0.05, 0.1) is 30.5 Å². The molecule has 7 aliphatic rings. The Morgan fingerprint density at radius 2 is 1.41 bits per heavy atom. The molecule has 0 bridgehead atoms. The first-order valence-electron chi connectivity index (χ1n) is 23.3. The zero-order valence-electron chi connectivity index (χ0n) is 37.5. The predicted molar refractivity (Wildman–Crippen MR) is 219 cm³/mol. The molecule has 0 aromatic carbocycles. The minimum atomic E-state index is -1.97. The van der Waals surface area contributed by atoms with E-state index in [2.05, 4.69) is 26.8 Å². The van der Waals surface area contributed by atoms with E-state index in [4.69, 9.17) is 28.4 Å². The van der Waals surface area contributed by atoms with Crippen LogP contribution in [0, 0.1) is 46.3 Å². The summed E-state index contributed by atoms with van der Waals surface area (Å²) < 4.78 is 35.7. The highest BCUT2D eigenvalue weighted by Gasteiger charge is 2.63. The quantitative estimate of drug-likeness (QED) is 0.100. The summed E-state index contributed by atoms with van der Waals surface area (Å²) in [4.78, 5) is 0. The predicted octanol–water partition coefficient (Wildman–Crippen LogP) is -0.849. The Hall–Kier alpha value is -0.980. The normalized spacial score (nSPS) is 52.2. The van der Waals surface area contributed by atoms with Crippen molar-refractivity contribution in [2.24, 2.45) is 46.3 Å². The molecule has 0 spiro atoms. The topological polar surface area (TPSA) is 298 Å². The number of ether oxygens (including phenoxy) is 6. The van der Waals surface area contributed by atoms with Crippen molar-refractivity contribution in [2.75, 3.05) is 13.2 Å². The van der Waals surface area contributed by atoms with Gasteiger partial charge in [-0.25, -0.2) is 0 Å². The summed E-state index contributed by atoms with van der Waals surface area (Å²) in [5.41, 5.74) is -0.0858. The van der Waals surface area contributed by atoms with Gasteiger partial charge in [0.25, 0.3) is 0 Å². The van der Waals surface area contributed by atoms with Crippen molar-refractivity contribution < 1.29 is 89.7 Å². The van der Waals surface area contributed by atoms with Gasteiger partial charge in [-0.3, -0.25) is 0 Å². The Morgan fingerprint density at radius 1 is 0.762 bits per heavy atom. The van der Waals surface area contributed by atoms with Crippen LogP contribution in [0.4, 0.5) is 0 Å². The summed E-state index contributed by atoms with van der Waals surface area (Å²) in [5, 5.41) is 129. The highest BCUT2D eigenvalue weighted by molar-refractivity contribution is 5.26. The van der Waals surface area contributed by atoms with Crippen LogP contribution in [0.5, 0.6) is 0 Å². The molecule has 63 heavy (non-hydrogen) atoms. The third-order valence-electron chi connectivity index (χ3n) is 17.2. The average Bonchev–Trinajstić information content (AvgIpc) is 3.53. The van der Waals surface area contributed by atoms with Gasteiger partial charge >= 0.3 is 0 Å². The molecule has 9 unspecified atom stereocenters. The van der Waals surface area contributed by atoms with E-state index >= 15 is 0 Å². The van der Waals surface area contributed by atoms with Crippen LogP contribution in [0.1, 0.15) is 99.3 Å². The number of hydrogen-bond acceptors (Lipinski definition) is 18. The fourth-order valence-corrected chi connectivity index (χ4v) is 13.0. The van der Waals surface area contributed by atoms with E-state index in [9.17, 15) is 61.3 Å². The van der Waals surface area contributed by atoms with Gasteiger partial charge in [-0.2, -0.15) is 0 Å². The number of allylic oxidation sites excluding steroid dienone is 1. The van der Waals surface area contributed by atoms with Crippen LogP contribution < -0.4 is 0 Å². The smallest absolute Gasteiger partial charge is 0.189 e. The van der Waals surface area contributed by atoms with Gasteiger partial charge in [0.1, 0.15) is 61.0 Å². The zero-order chi connectivity index (χ0) is 46.1. The van der Waals surface area contributed by atoms with Crippen LogP contribution in [0.2, 0.25) is 0 Å². The van der Waals surface area contributed by atoms with E-state index in [-0.39, 0.29) is 41.1 Å². The first kappa shape index (κ1) is 49.9. The van der Waals surface area contributed by atoms with E-state index in [1.54, 1.807) is 0 Å². The van der Waals surface area contributed by atoms with Crippen LogP contribution in [-0.2, 0) is 28.4 Å². The third kappa shape index (κ3) is 9.20. The number of rotatable bonds is 13. The lowest BCUT2D eigenvalue weighted by Gasteiger charge is -2.59. The standard InChI is InChI=1S/C45H76O18/c1-19(17-46)9-14-45(6,57)20(2)29-27(48)16-26-24-8-7-22-15-23(10-12-43(22,4)25(24)11-13-44(26,29)5)59-42-38(62-41-35(54)32(51)33(52)39(56)63-41)36(55)37(28(18-47)60-42)61-40-34(53)31(50)30(49)21(3)58-40/h7,19-21,23-42,46-57H,8-18H2,1-6H3/t19-,20+,21?,23?,24-,25+,26+,27?,28?,29+,30+,31+,32+,33-,34?,35?,36+,37-,38?,39?,40+,41-,42-,43+,44+,45?/m1/s1. The molecule has 7 rings (SSSR count). The van der Waals surface area contributed by atoms with Crippen molar-refractivity contribution in [3.8, 4) is 0 Å². The number of hydrogen-bond donors (Lipinski definition) is 12. The Bertz CT molecular complexity index is 1570. The maximum atomic E-state index is 11.9. The lowest BCUT2D eigenvalue weighted by atomic mass is 9.46. The Kier molecular flexibility index (Phi) is 15.2. The number of aliphatic hydroxyl groups excluding tert-OH is 11. The van der Waals surface area contributed by atoms with Gasteiger partial charge in [0.2, 0.25) is 0 Å². The maximum absolute atomic E-state index is 11.9. The van der Waals surface area contributed by atoms with Crippen LogP contribution in [0.25, 0.3) is 0 Å². The summed E-state index contributed by atoms with van der Waals surface area (Å²) in [6.07, 6.45) is -16.7. The van der Waals surface area contributed by atoms with Crippen LogP contribution in [0.3, 0.4) is 0 Å². The monoisotopic (exact) mass is 905 g/mol. The Morgan fingerprint density at radius 3 is 2.08 bits per heavy atom. The van der Waals surface area contributed by atoms with Gasteiger partial charge in [-0.15, -0.1) is 0 Å². The number of aliphatic hydroxyl groups is 12. The molecule has 26 atom stereocenters. The summed E-state index contributed by atoms with van der Waals surface area (Å²) in [6.45, 7) is 11.4. The molecule has 0 amide bonds. The molecule has 18 heteroatoms. The second-order valence-corrected chi connectivity index (χ2v) is 21.1. The van der Waals surface area contributed by atoms with Crippen molar-refractivity contribution >= 4 is 0 Å². The summed E-state index contributed by atoms with van der Waals surface area (Å²) in [7, 11) is 0. The van der Waals surface area contributed by atoms with Gasteiger partial charge < -0.3 is 89.7 Å². The Balaban J connectivity index is 1.08. The average molecular weight is 905 g/mol. The summed E-state index contributed by atoms with van der Waals surface area (Å²) in [5.74, 6) is 0.824. The van der Waals surface area contributed by atoms with Crippen LogP contribution in [0.15, 0.2) is 11.6 Å². The zero-order valence-corrected chi connectivity index (χ0v) is 37.5. The van der Waals surface area contributed by atoms with E-state index in [0.29, 0.717) is 43.9 Å². The minimum absolute atomic E-state index is 0.0703. The van der Waals surface area contributed by atoms with E-state index in [1.807, 2.05) is 13.8 Å². The van der Waals surface area contributed by atoms with Crippen molar-refractivity contribution in [2.45, 2.75) is 209 Å². The fourth-order valence-electron chi connectivity index (χ4n) is 13.0. The molecule has 3 aliphatic heterocycles. The van der Waals surface area contributed by atoms with E-state index in [0.717, 1.165) is 25.7 Å². The molecular weight excluding hydrogens is 828 g/mol. The molecule has 18 nitrogen and oxygen atoms in total. The van der Waals surface area contributed by atoms with Gasteiger partial charge in [0, 0.05) is 6.61 Å². The summed E-state index contributed by atoms with van der Waals surface area (Å²) in [6, 6.07) is 0. The summed E-state index contributed by atoms with van der Waals surface area (Å²) >= 11 is 0. The molecular formula is C45H76O18. The van der Waals surface area contributed by atoms with Gasteiger partial charge in [0.15, 0.2) is 25.2 Å². The molecule has 3 heterocycles. The molecule has 364 valence electrons. The Labute approximate surface area is 369 Å². The van der Waals surface area contributed by atoms with Gasteiger partial charge in [-0.1, -0.05) is 39.3 Å². The van der Waals surface area contributed by atoms with E-state index in [1.165, 1.54) is 12.5 Å². The highest BCUT2D eigenvalue weighted by atomic mass is 16.8. The second kappa shape index (κ2) is 19.2. The molecule has 4 aliphatic carbocycles. The molecule has 0 aromatic heterocycles. The first-order valence-corrected chi connectivity index (χ1v) is 23.3. The molecule has 3 saturated heterocycles. The molecule has 0 radical (unpaired) electrons. The first-order chi connectivity index (χ1) is 29.6. The maximum Gasteiger partial charge on any atom is 0.189 e. The SMILES string of the molecule is CC1O[C@@H](O[C@@H]2C(CO)O[C@@H](OC3CC[C@@]4(C)C(=CC[C@H]5[C@@H]6CC(O)[C@H]([C@H](C)C(C)(O)CC[C@@H](C)CO)[C@@]6(C)CC[C@@H]54)C3)C(O[C@@H]3OC(O)[C@H](O)[C@H](O)C3O)[C@H]2O)C(O)[C@@H](O)[C@H]1O. The lowest BCUT2D eigenvalue weighted by molar-refractivity contribution is -0.400. The molecule has 3 saturated carbocycles. The van der Waals surface area contributed by atoms with Gasteiger partial charge in [-0.05, 0) is 118 Å². The van der Waals surface area contributed by atoms with Crippen LogP contribution >= 0.6 is 0 Å². The van der Waals surface area contributed by atoms with E-state index < -0.39 is 117 Å².